The lowest BCUT2D eigenvalue weighted by atomic mass is 9.87. The Balaban J connectivity index is 2.23. The van der Waals surface area contributed by atoms with E-state index in [4.69, 9.17) is 0 Å². The predicted octanol–water partition coefficient (Wildman–Crippen LogP) is 5.32. The topological polar surface area (TPSA) is 17.1 Å². The molecule has 0 saturated heterocycles. The van der Waals surface area contributed by atoms with Crippen molar-refractivity contribution in [2.24, 2.45) is 5.41 Å². The van der Waals surface area contributed by atoms with Crippen molar-refractivity contribution in [3.05, 3.63) is 77.9 Å². The second kappa shape index (κ2) is 7.22. The fourth-order valence-corrected chi connectivity index (χ4v) is 2.25. The minimum atomic E-state index is -0.340. The second-order valence-corrected chi connectivity index (χ2v) is 6.64. The summed E-state index contributed by atoms with van der Waals surface area (Å²) in [5, 5.41) is 0. The van der Waals surface area contributed by atoms with E-state index in [1.54, 1.807) is 0 Å². The zero-order chi connectivity index (χ0) is 16.0. The van der Waals surface area contributed by atoms with Crippen molar-refractivity contribution in [1.29, 1.82) is 0 Å². The molecule has 2 rings (SSSR count). The van der Waals surface area contributed by atoms with Crippen LogP contribution in [0.1, 0.15) is 38.3 Å². The molecule has 0 amide bonds. The zero-order valence-corrected chi connectivity index (χ0v) is 13.7. The summed E-state index contributed by atoms with van der Waals surface area (Å²) in [7, 11) is 0. The Morgan fingerprint density at radius 3 is 2.00 bits per heavy atom. The molecule has 0 bridgehead atoms. The van der Waals surface area contributed by atoms with Gasteiger partial charge in [0.2, 0.25) is 0 Å². The molecule has 114 valence electrons. The van der Waals surface area contributed by atoms with Crippen LogP contribution >= 0.6 is 0 Å². The summed E-state index contributed by atoms with van der Waals surface area (Å²) >= 11 is 0. The van der Waals surface area contributed by atoms with Crippen LogP contribution in [0, 0.1) is 5.41 Å². The van der Waals surface area contributed by atoms with E-state index in [1.807, 2.05) is 51.1 Å². The summed E-state index contributed by atoms with van der Waals surface area (Å²) in [6.07, 6.45) is 3.65. The fraction of sp³-hybridized carbons (Fsp3) is 0.286. The lowest BCUT2D eigenvalue weighted by Gasteiger charge is -2.16. The van der Waals surface area contributed by atoms with Crippen LogP contribution in [-0.4, -0.2) is 5.78 Å². The highest BCUT2D eigenvalue weighted by atomic mass is 16.1. The van der Waals surface area contributed by atoms with Crippen LogP contribution in [0.25, 0.3) is 5.57 Å². The summed E-state index contributed by atoms with van der Waals surface area (Å²) < 4.78 is 0. The van der Waals surface area contributed by atoms with Crippen molar-refractivity contribution in [3.8, 4) is 0 Å². The van der Waals surface area contributed by atoms with Gasteiger partial charge in [0.05, 0.1) is 0 Å². The summed E-state index contributed by atoms with van der Waals surface area (Å²) in [5.41, 5.74) is 3.21. The minimum Gasteiger partial charge on any atom is -0.294 e. The highest BCUT2D eigenvalue weighted by Crippen LogP contribution is 2.24. The van der Waals surface area contributed by atoms with Gasteiger partial charge >= 0.3 is 0 Å². The molecule has 0 aliphatic carbocycles. The van der Waals surface area contributed by atoms with Crippen molar-refractivity contribution < 1.29 is 4.79 Å². The zero-order valence-electron chi connectivity index (χ0n) is 13.7. The maximum absolute atomic E-state index is 12.4. The van der Waals surface area contributed by atoms with E-state index in [0.717, 1.165) is 24.0 Å². The van der Waals surface area contributed by atoms with Crippen LogP contribution < -0.4 is 0 Å². The van der Waals surface area contributed by atoms with Crippen LogP contribution in [0.5, 0.6) is 0 Å². The van der Waals surface area contributed by atoms with Crippen molar-refractivity contribution >= 4 is 11.4 Å². The average molecular weight is 292 g/mol. The molecule has 0 radical (unpaired) electrons. The van der Waals surface area contributed by atoms with Gasteiger partial charge in [0.1, 0.15) is 0 Å². The summed E-state index contributed by atoms with van der Waals surface area (Å²) in [6.45, 7) is 5.89. The molecule has 0 N–H and O–H groups in total. The first-order valence-electron chi connectivity index (χ1n) is 7.81. The molecular weight excluding hydrogens is 268 g/mol. The van der Waals surface area contributed by atoms with Crippen LogP contribution in [0.2, 0.25) is 0 Å². The molecule has 0 fully saturated rings. The van der Waals surface area contributed by atoms with E-state index >= 15 is 0 Å². The Labute approximate surface area is 133 Å². The highest BCUT2D eigenvalue weighted by Gasteiger charge is 2.19. The van der Waals surface area contributed by atoms with Gasteiger partial charge < -0.3 is 0 Å². The van der Waals surface area contributed by atoms with Crippen molar-refractivity contribution in [3.63, 3.8) is 0 Å². The van der Waals surface area contributed by atoms with Crippen LogP contribution in [0.15, 0.2) is 66.7 Å². The maximum Gasteiger partial charge on any atom is 0.161 e. The number of rotatable bonds is 5. The average Bonchev–Trinajstić information content (AvgIpc) is 2.52. The third kappa shape index (κ3) is 4.70. The number of carbonyl (C=O) groups is 1. The number of benzene rings is 2. The lowest BCUT2D eigenvalue weighted by Crippen LogP contribution is -2.18. The molecule has 0 aliphatic heterocycles. The van der Waals surface area contributed by atoms with Crippen molar-refractivity contribution in [2.75, 3.05) is 0 Å². The normalized spacial score (nSPS) is 12.2. The monoisotopic (exact) mass is 292 g/mol. The quantitative estimate of drug-likeness (QED) is 0.682. The molecule has 2 aromatic rings. The van der Waals surface area contributed by atoms with E-state index in [9.17, 15) is 4.79 Å². The predicted molar refractivity (Wildman–Crippen MR) is 93.6 cm³/mol. The molecule has 1 nitrogen and oxygen atoms in total. The van der Waals surface area contributed by atoms with E-state index in [-0.39, 0.29) is 11.2 Å². The SMILES string of the molecule is CC(C)(C)C(=O)/C=C(/CCc1ccccc1)c1ccccc1. The molecular formula is C21H24O. The first kappa shape index (κ1) is 16.2. The van der Waals surface area contributed by atoms with Gasteiger partial charge in [0.15, 0.2) is 5.78 Å². The van der Waals surface area contributed by atoms with E-state index < -0.39 is 0 Å². The van der Waals surface area contributed by atoms with E-state index in [1.165, 1.54) is 5.56 Å². The number of carbonyl (C=O) groups excluding carboxylic acids is 1. The van der Waals surface area contributed by atoms with Gasteiger partial charge in [-0.1, -0.05) is 81.4 Å². The third-order valence-corrected chi connectivity index (χ3v) is 3.71. The van der Waals surface area contributed by atoms with Crippen LogP contribution in [-0.2, 0) is 11.2 Å². The standard InChI is InChI=1S/C21H24O/c1-21(2,3)20(22)16-19(18-12-8-5-9-13-18)15-14-17-10-6-4-7-11-17/h4-13,16H,14-15H2,1-3H3/b19-16-. The van der Waals surface area contributed by atoms with Gasteiger partial charge in [-0.25, -0.2) is 0 Å². The molecule has 2 aromatic carbocycles. The number of allylic oxidation sites excluding steroid dienone is 2. The number of hydrogen-bond donors (Lipinski definition) is 0. The fourth-order valence-electron chi connectivity index (χ4n) is 2.25. The minimum absolute atomic E-state index is 0.180. The van der Waals surface area contributed by atoms with Crippen molar-refractivity contribution in [2.45, 2.75) is 33.6 Å². The van der Waals surface area contributed by atoms with Gasteiger partial charge in [-0.2, -0.15) is 0 Å². The molecule has 0 unspecified atom stereocenters. The van der Waals surface area contributed by atoms with E-state index in [0.29, 0.717) is 0 Å². The lowest BCUT2D eigenvalue weighted by molar-refractivity contribution is -0.121. The van der Waals surface area contributed by atoms with Gasteiger partial charge in [-0.05, 0) is 35.6 Å². The molecule has 0 spiro atoms. The second-order valence-electron chi connectivity index (χ2n) is 6.64. The highest BCUT2D eigenvalue weighted by molar-refractivity contribution is 6.00. The molecule has 0 aromatic heterocycles. The Kier molecular flexibility index (Phi) is 5.32. The molecule has 0 atom stereocenters. The van der Waals surface area contributed by atoms with Gasteiger partial charge in [-0.15, -0.1) is 0 Å². The third-order valence-electron chi connectivity index (χ3n) is 3.71. The molecule has 0 aliphatic rings. The van der Waals surface area contributed by atoms with Crippen molar-refractivity contribution in [1.82, 2.24) is 0 Å². The van der Waals surface area contributed by atoms with Crippen LogP contribution in [0.3, 0.4) is 0 Å². The Morgan fingerprint density at radius 1 is 0.909 bits per heavy atom. The molecule has 1 heteroatoms. The molecule has 22 heavy (non-hydrogen) atoms. The van der Waals surface area contributed by atoms with E-state index in [2.05, 4.69) is 36.4 Å². The molecule has 0 saturated carbocycles. The summed E-state index contributed by atoms with van der Waals surface area (Å²) in [6, 6.07) is 20.6. The summed E-state index contributed by atoms with van der Waals surface area (Å²) in [5.74, 6) is 0.180. The van der Waals surface area contributed by atoms with Gasteiger partial charge in [0, 0.05) is 5.41 Å². The maximum atomic E-state index is 12.4. The largest absolute Gasteiger partial charge is 0.294 e. The first-order valence-corrected chi connectivity index (χ1v) is 7.81. The Bertz CT molecular complexity index is 631. The number of aryl methyl sites for hydroxylation is 1. The number of hydrogen-bond acceptors (Lipinski definition) is 1. The van der Waals surface area contributed by atoms with Gasteiger partial charge in [0.25, 0.3) is 0 Å². The Hall–Kier alpha value is -2.15. The van der Waals surface area contributed by atoms with Crippen LogP contribution in [0.4, 0.5) is 0 Å². The number of ketones is 1. The Morgan fingerprint density at radius 2 is 1.45 bits per heavy atom. The molecule has 0 heterocycles. The smallest absolute Gasteiger partial charge is 0.161 e. The van der Waals surface area contributed by atoms with Gasteiger partial charge in [-0.3, -0.25) is 4.79 Å². The summed E-state index contributed by atoms with van der Waals surface area (Å²) in [4.78, 5) is 12.4. The first-order chi connectivity index (χ1) is 10.5.